The minimum absolute atomic E-state index is 0.800. The quantitative estimate of drug-likeness (QED) is 0.858. The predicted molar refractivity (Wildman–Crippen MR) is 91.2 cm³/mol. The van der Waals surface area contributed by atoms with E-state index in [2.05, 4.69) is 52.1 Å². The van der Waals surface area contributed by atoms with Gasteiger partial charge in [0, 0.05) is 24.5 Å². The number of nitrogens with zero attached hydrogens (tertiary/aromatic N) is 1. The molecule has 0 aliphatic carbocycles. The Morgan fingerprint density at radius 3 is 2.90 bits per heavy atom. The zero-order chi connectivity index (χ0) is 14.8. The smallest absolute Gasteiger partial charge is 0.122 e. The zero-order valence-corrected chi connectivity index (χ0v) is 13.7. The summed E-state index contributed by atoms with van der Waals surface area (Å²) in [4.78, 5) is 2.20. The van der Waals surface area contributed by atoms with Crippen LogP contribution >= 0.6 is 15.9 Å². The van der Waals surface area contributed by atoms with Crippen LogP contribution in [0.4, 0.5) is 11.4 Å². The fourth-order valence-corrected chi connectivity index (χ4v) is 3.06. The van der Waals surface area contributed by atoms with E-state index >= 15 is 0 Å². The maximum Gasteiger partial charge on any atom is 0.122 e. The lowest BCUT2D eigenvalue weighted by Crippen LogP contribution is -2.21. The van der Waals surface area contributed by atoms with Gasteiger partial charge in [-0.05, 0) is 41.8 Å². The fraction of sp³-hybridized carbons (Fsp3) is 0.294. The zero-order valence-electron chi connectivity index (χ0n) is 12.1. The molecule has 2 aromatic carbocycles. The molecule has 0 bridgehead atoms. The molecule has 1 heterocycles. The molecule has 0 fully saturated rings. The van der Waals surface area contributed by atoms with Crippen molar-refractivity contribution in [2.75, 3.05) is 30.8 Å². The average molecular weight is 347 g/mol. The Morgan fingerprint density at radius 2 is 2.10 bits per heavy atom. The Balaban J connectivity index is 1.67. The Labute approximate surface area is 133 Å². The van der Waals surface area contributed by atoms with Crippen LogP contribution in [0.15, 0.2) is 40.9 Å². The third kappa shape index (κ3) is 3.16. The number of nitrogen functional groups attached to an aromatic ring is 1. The molecular weight excluding hydrogens is 328 g/mol. The van der Waals surface area contributed by atoms with Gasteiger partial charge in [0.15, 0.2) is 0 Å². The van der Waals surface area contributed by atoms with Gasteiger partial charge in [-0.2, -0.15) is 0 Å². The highest BCUT2D eigenvalue weighted by Gasteiger charge is 2.12. The summed E-state index contributed by atoms with van der Waals surface area (Å²) in [6.45, 7) is 1.75. The van der Waals surface area contributed by atoms with Crippen LogP contribution in [0, 0.1) is 0 Å². The van der Waals surface area contributed by atoms with E-state index in [1.807, 2.05) is 12.1 Å². The van der Waals surface area contributed by atoms with Gasteiger partial charge in [-0.1, -0.05) is 28.1 Å². The Hall–Kier alpha value is -1.68. The first-order valence-electron chi connectivity index (χ1n) is 7.14. The molecule has 0 spiro atoms. The van der Waals surface area contributed by atoms with Gasteiger partial charge in [0.05, 0.1) is 18.0 Å². The first-order chi connectivity index (χ1) is 10.1. The number of hydrogen-bond acceptors (Lipinski definition) is 3. The van der Waals surface area contributed by atoms with Crippen LogP contribution < -0.4 is 15.4 Å². The number of likely N-dealkylation sites (N-methyl/N-ethyl adjacent to an activating group) is 1. The van der Waals surface area contributed by atoms with Gasteiger partial charge in [-0.3, -0.25) is 0 Å². The van der Waals surface area contributed by atoms with Crippen LogP contribution in [0.3, 0.4) is 0 Å². The lowest BCUT2D eigenvalue weighted by molar-refractivity contribution is 0.357. The van der Waals surface area contributed by atoms with E-state index in [-0.39, 0.29) is 0 Å². The molecule has 3 nitrogen and oxygen atoms in total. The summed E-state index contributed by atoms with van der Waals surface area (Å²) in [5.41, 5.74) is 10.6. The molecule has 21 heavy (non-hydrogen) atoms. The molecule has 0 saturated carbocycles. The number of benzene rings is 2. The molecule has 3 rings (SSSR count). The largest absolute Gasteiger partial charge is 0.493 e. The first kappa shape index (κ1) is 14.3. The average Bonchev–Trinajstić information content (AvgIpc) is 2.92. The van der Waals surface area contributed by atoms with Gasteiger partial charge in [0.1, 0.15) is 5.75 Å². The van der Waals surface area contributed by atoms with Crippen LogP contribution in [-0.2, 0) is 12.8 Å². The molecule has 0 saturated heterocycles. The van der Waals surface area contributed by atoms with Gasteiger partial charge < -0.3 is 15.4 Å². The van der Waals surface area contributed by atoms with Gasteiger partial charge in [-0.15, -0.1) is 0 Å². The molecule has 4 heteroatoms. The highest BCUT2D eigenvalue weighted by molar-refractivity contribution is 9.10. The van der Waals surface area contributed by atoms with Gasteiger partial charge in [0.2, 0.25) is 0 Å². The van der Waals surface area contributed by atoms with Crippen molar-refractivity contribution in [2.24, 2.45) is 0 Å². The van der Waals surface area contributed by atoms with Crippen molar-refractivity contribution in [2.45, 2.75) is 12.8 Å². The SMILES string of the molecule is CN(CCc1ccc2c(c1)CCO2)c1ccc(Br)cc1N. The summed E-state index contributed by atoms with van der Waals surface area (Å²) in [5, 5.41) is 0. The van der Waals surface area contributed by atoms with Crippen molar-refractivity contribution in [1.82, 2.24) is 0 Å². The molecule has 110 valence electrons. The highest BCUT2D eigenvalue weighted by Crippen LogP contribution is 2.28. The number of anilines is 2. The van der Waals surface area contributed by atoms with E-state index in [0.29, 0.717) is 0 Å². The lowest BCUT2D eigenvalue weighted by Gasteiger charge is -2.21. The number of ether oxygens (including phenoxy) is 1. The van der Waals surface area contributed by atoms with Crippen molar-refractivity contribution in [3.8, 4) is 5.75 Å². The van der Waals surface area contributed by atoms with Crippen LogP contribution in [0.25, 0.3) is 0 Å². The molecule has 0 radical (unpaired) electrons. The van der Waals surface area contributed by atoms with E-state index in [9.17, 15) is 0 Å². The molecule has 2 aromatic rings. The number of nitrogens with two attached hydrogens (primary N) is 1. The van der Waals surface area contributed by atoms with E-state index in [0.717, 1.165) is 47.6 Å². The summed E-state index contributed by atoms with van der Waals surface area (Å²) in [7, 11) is 2.08. The van der Waals surface area contributed by atoms with Crippen LogP contribution in [-0.4, -0.2) is 20.2 Å². The van der Waals surface area contributed by atoms with E-state index in [1.165, 1.54) is 11.1 Å². The molecular formula is C17H19BrN2O. The second-order valence-electron chi connectivity index (χ2n) is 5.42. The summed E-state index contributed by atoms with van der Waals surface area (Å²) in [6, 6.07) is 12.5. The van der Waals surface area contributed by atoms with Crippen molar-refractivity contribution in [3.63, 3.8) is 0 Å². The second-order valence-corrected chi connectivity index (χ2v) is 6.33. The summed E-state index contributed by atoms with van der Waals surface area (Å²) >= 11 is 3.44. The topological polar surface area (TPSA) is 38.5 Å². The highest BCUT2D eigenvalue weighted by atomic mass is 79.9. The number of halogens is 1. The summed E-state index contributed by atoms with van der Waals surface area (Å²) in [6.07, 6.45) is 2.03. The minimum Gasteiger partial charge on any atom is -0.493 e. The van der Waals surface area contributed by atoms with Crippen LogP contribution in [0.2, 0.25) is 0 Å². The van der Waals surface area contributed by atoms with E-state index < -0.39 is 0 Å². The molecule has 0 atom stereocenters. The Bertz CT molecular complexity index is 657. The number of fused-ring (bicyclic) bond motifs is 1. The van der Waals surface area contributed by atoms with Crippen LogP contribution in [0.1, 0.15) is 11.1 Å². The predicted octanol–water partition coefficient (Wildman–Crippen LogP) is 3.65. The molecule has 2 N–H and O–H groups in total. The van der Waals surface area contributed by atoms with Crippen molar-refractivity contribution >= 4 is 27.3 Å². The van der Waals surface area contributed by atoms with E-state index in [1.54, 1.807) is 0 Å². The molecule has 1 aliphatic heterocycles. The maximum atomic E-state index is 6.08. The molecule has 0 amide bonds. The number of rotatable bonds is 4. The maximum absolute atomic E-state index is 6.08. The Kier molecular flexibility index (Phi) is 4.06. The van der Waals surface area contributed by atoms with Crippen molar-refractivity contribution in [3.05, 3.63) is 52.0 Å². The third-order valence-electron chi connectivity index (χ3n) is 3.89. The fourth-order valence-electron chi connectivity index (χ4n) is 2.69. The standard InChI is InChI=1S/C17H19BrN2O/c1-20(16-4-3-14(18)11-15(16)19)8-6-12-2-5-17-13(10-12)7-9-21-17/h2-5,10-11H,6-9,19H2,1H3. The summed E-state index contributed by atoms with van der Waals surface area (Å²) in [5.74, 6) is 1.05. The normalized spacial score (nSPS) is 12.9. The van der Waals surface area contributed by atoms with Gasteiger partial charge in [-0.25, -0.2) is 0 Å². The van der Waals surface area contributed by atoms with Crippen molar-refractivity contribution in [1.29, 1.82) is 0 Å². The van der Waals surface area contributed by atoms with E-state index in [4.69, 9.17) is 10.5 Å². The first-order valence-corrected chi connectivity index (χ1v) is 7.93. The third-order valence-corrected chi connectivity index (χ3v) is 4.38. The number of hydrogen-bond donors (Lipinski definition) is 1. The lowest BCUT2D eigenvalue weighted by atomic mass is 10.1. The molecule has 1 aliphatic rings. The van der Waals surface area contributed by atoms with Gasteiger partial charge >= 0.3 is 0 Å². The Morgan fingerprint density at radius 1 is 1.24 bits per heavy atom. The molecule has 0 unspecified atom stereocenters. The van der Waals surface area contributed by atoms with Crippen LogP contribution in [0.5, 0.6) is 5.75 Å². The summed E-state index contributed by atoms with van der Waals surface area (Å²) < 4.78 is 6.55. The van der Waals surface area contributed by atoms with Gasteiger partial charge in [0.25, 0.3) is 0 Å². The minimum atomic E-state index is 0.800. The van der Waals surface area contributed by atoms with Crippen molar-refractivity contribution < 1.29 is 4.74 Å². The molecule has 0 aromatic heterocycles. The monoisotopic (exact) mass is 346 g/mol. The second kappa shape index (κ2) is 5.98.